The summed E-state index contributed by atoms with van der Waals surface area (Å²) < 4.78 is 1.91. The number of pyridine rings is 1. The van der Waals surface area contributed by atoms with E-state index in [1.54, 1.807) is 0 Å². The van der Waals surface area contributed by atoms with Crippen LogP contribution in [0.25, 0.3) is 5.65 Å². The number of piperidine rings is 1. The van der Waals surface area contributed by atoms with E-state index in [1.807, 2.05) is 16.8 Å². The second-order valence-corrected chi connectivity index (χ2v) is 5.07. The van der Waals surface area contributed by atoms with Crippen molar-refractivity contribution in [3.05, 3.63) is 29.7 Å². The predicted molar refractivity (Wildman–Crippen MR) is 71.6 cm³/mol. The van der Waals surface area contributed by atoms with Crippen molar-refractivity contribution in [2.75, 3.05) is 13.1 Å². The van der Waals surface area contributed by atoms with E-state index >= 15 is 0 Å². The first-order valence-corrected chi connectivity index (χ1v) is 6.85. The molecule has 0 aliphatic carbocycles. The van der Waals surface area contributed by atoms with Gasteiger partial charge in [0.15, 0.2) is 11.5 Å². The Hall–Kier alpha value is -1.42. The molecule has 0 amide bonds. The first kappa shape index (κ1) is 11.7. The molecule has 0 radical (unpaired) electrons. The van der Waals surface area contributed by atoms with Crippen LogP contribution in [0.1, 0.15) is 43.6 Å². The fraction of sp³-hybridized carbons (Fsp3) is 0.571. The van der Waals surface area contributed by atoms with Gasteiger partial charge in [0.2, 0.25) is 0 Å². The van der Waals surface area contributed by atoms with Gasteiger partial charge in [-0.3, -0.25) is 4.90 Å². The lowest BCUT2D eigenvalue weighted by Gasteiger charge is -2.32. The summed E-state index contributed by atoms with van der Waals surface area (Å²) in [4.78, 5) is 7.24. The molecule has 3 rings (SSSR count). The summed E-state index contributed by atoms with van der Waals surface area (Å²) in [5, 5.41) is 4.66. The van der Waals surface area contributed by atoms with Gasteiger partial charge in [0.05, 0.1) is 6.04 Å². The highest BCUT2D eigenvalue weighted by Gasteiger charge is 2.26. The SMILES string of the molecule is CCN1CCCCC1c1nc2c(C)cccn2n1. The normalized spacial score (nSPS) is 21.6. The van der Waals surface area contributed by atoms with Gasteiger partial charge in [-0.15, -0.1) is 5.10 Å². The highest BCUT2D eigenvalue weighted by Crippen LogP contribution is 2.28. The summed E-state index contributed by atoms with van der Waals surface area (Å²) in [6, 6.07) is 4.52. The lowest BCUT2D eigenvalue weighted by molar-refractivity contribution is 0.150. The Bertz CT molecular complexity index is 546. The zero-order chi connectivity index (χ0) is 12.5. The second kappa shape index (κ2) is 4.69. The molecule has 1 aliphatic heterocycles. The number of likely N-dealkylation sites (tertiary alicyclic amines) is 1. The van der Waals surface area contributed by atoms with Crippen molar-refractivity contribution in [2.24, 2.45) is 0 Å². The summed E-state index contributed by atoms with van der Waals surface area (Å²) in [6.45, 7) is 6.57. The quantitative estimate of drug-likeness (QED) is 0.814. The third-order valence-electron chi connectivity index (χ3n) is 3.89. The van der Waals surface area contributed by atoms with Crippen LogP contribution in [0, 0.1) is 6.92 Å². The minimum atomic E-state index is 0.406. The van der Waals surface area contributed by atoms with Gasteiger partial charge in [-0.25, -0.2) is 9.50 Å². The summed E-state index contributed by atoms with van der Waals surface area (Å²) in [5.74, 6) is 0.992. The van der Waals surface area contributed by atoms with Crippen molar-refractivity contribution >= 4 is 5.65 Å². The van der Waals surface area contributed by atoms with Gasteiger partial charge in [-0.1, -0.05) is 19.4 Å². The monoisotopic (exact) mass is 244 g/mol. The Morgan fingerprint density at radius 3 is 3.06 bits per heavy atom. The average molecular weight is 244 g/mol. The first-order valence-electron chi connectivity index (χ1n) is 6.85. The van der Waals surface area contributed by atoms with Crippen LogP contribution in [0.3, 0.4) is 0 Å². The summed E-state index contributed by atoms with van der Waals surface area (Å²) in [6.07, 6.45) is 5.76. The zero-order valence-corrected chi connectivity index (χ0v) is 11.1. The molecule has 96 valence electrons. The van der Waals surface area contributed by atoms with E-state index in [0.29, 0.717) is 6.04 Å². The maximum Gasteiger partial charge on any atom is 0.168 e. The Morgan fingerprint density at radius 2 is 2.28 bits per heavy atom. The molecule has 0 aromatic carbocycles. The number of rotatable bonds is 2. The van der Waals surface area contributed by atoms with E-state index in [-0.39, 0.29) is 0 Å². The van der Waals surface area contributed by atoms with Crippen molar-refractivity contribution in [3.8, 4) is 0 Å². The molecule has 1 aliphatic rings. The zero-order valence-electron chi connectivity index (χ0n) is 11.1. The van der Waals surface area contributed by atoms with E-state index in [9.17, 15) is 0 Å². The van der Waals surface area contributed by atoms with Crippen LogP contribution in [-0.4, -0.2) is 32.6 Å². The summed E-state index contributed by atoms with van der Waals surface area (Å²) in [7, 11) is 0. The average Bonchev–Trinajstić information content (AvgIpc) is 2.84. The highest BCUT2D eigenvalue weighted by molar-refractivity contribution is 5.45. The minimum Gasteiger partial charge on any atom is -0.294 e. The molecule has 1 unspecified atom stereocenters. The van der Waals surface area contributed by atoms with Crippen LogP contribution < -0.4 is 0 Å². The number of aromatic nitrogens is 3. The maximum absolute atomic E-state index is 4.74. The fourth-order valence-corrected chi connectivity index (χ4v) is 2.86. The van der Waals surface area contributed by atoms with E-state index in [4.69, 9.17) is 4.98 Å². The van der Waals surface area contributed by atoms with Crippen molar-refractivity contribution < 1.29 is 0 Å². The highest BCUT2D eigenvalue weighted by atomic mass is 15.3. The lowest BCUT2D eigenvalue weighted by Crippen LogP contribution is -2.33. The topological polar surface area (TPSA) is 33.4 Å². The van der Waals surface area contributed by atoms with E-state index in [1.165, 1.54) is 31.4 Å². The Morgan fingerprint density at radius 1 is 1.39 bits per heavy atom. The van der Waals surface area contributed by atoms with Crippen LogP contribution in [0.5, 0.6) is 0 Å². The largest absolute Gasteiger partial charge is 0.294 e. The van der Waals surface area contributed by atoms with Crippen molar-refractivity contribution in [3.63, 3.8) is 0 Å². The molecule has 0 bridgehead atoms. The number of hydrogen-bond donors (Lipinski definition) is 0. The molecule has 0 N–H and O–H groups in total. The molecule has 1 atom stereocenters. The number of hydrogen-bond acceptors (Lipinski definition) is 3. The van der Waals surface area contributed by atoms with E-state index in [2.05, 4.69) is 29.9 Å². The Balaban J connectivity index is 2.00. The molecule has 3 heterocycles. The van der Waals surface area contributed by atoms with Gasteiger partial charge in [0.1, 0.15) is 0 Å². The van der Waals surface area contributed by atoms with Gasteiger partial charge in [-0.2, -0.15) is 0 Å². The molecular weight excluding hydrogens is 224 g/mol. The molecule has 2 aromatic rings. The van der Waals surface area contributed by atoms with Crippen molar-refractivity contribution in [1.82, 2.24) is 19.5 Å². The van der Waals surface area contributed by atoms with Gasteiger partial charge in [0.25, 0.3) is 0 Å². The van der Waals surface area contributed by atoms with Gasteiger partial charge in [-0.05, 0) is 44.5 Å². The molecule has 0 spiro atoms. The molecule has 1 fully saturated rings. The van der Waals surface area contributed by atoms with Crippen molar-refractivity contribution in [1.29, 1.82) is 0 Å². The van der Waals surface area contributed by atoms with Crippen molar-refractivity contribution in [2.45, 2.75) is 39.2 Å². The van der Waals surface area contributed by atoms with Crippen LogP contribution in [0.15, 0.2) is 18.3 Å². The first-order chi connectivity index (χ1) is 8.79. The fourth-order valence-electron chi connectivity index (χ4n) is 2.86. The van der Waals surface area contributed by atoms with E-state index in [0.717, 1.165) is 18.0 Å². The Labute approximate surface area is 108 Å². The smallest absolute Gasteiger partial charge is 0.168 e. The molecule has 2 aromatic heterocycles. The van der Waals surface area contributed by atoms with Gasteiger partial charge >= 0.3 is 0 Å². The number of aryl methyl sites for hydroxylation is 1. The number of fused-ring (bicyclic) bond motifs is 1. The van der Waals surface area contributed by atoms with Crippen LogP contribution >= 0.6 is 0 Å². The molecule has 1 saturated heterocycles. The van der Waals surface area contributed by atoms with Crippen LogP contribution in [0.2, 0.25) is 0 Å². The molecule has 18 heavy (non-hydrogen) atoms. The molecule has 0 saturated carbocycles. The van der Waals surface area contributed by atoms with Gasteiger partial charge < -0.3 is 0 Å². The van der Waals surface area contributed by atoms with E-state index < -0.39 is 0 Å². The molecule has 4 nitrogen and oxygen atoms in total. The predicted octanol–water partition coefficient (Wildman–Crippen LogP) is 2.58. The molecule has 4 heteroatoms. The van der Waals surface area contributed by atoms with Crippen LogP contribution in [0.4, 0.5) is 0 Å². The Kier molecular flexibility index (Phi) is 3.04. The maximum atomic E-state index is 4.74. The molecular formula is C14H20N4. The third-order valence-corrected chi connectivity index (χ3v) is 3.89. The summed E-state index contributed by atoms with van der Waals surface area (Å²) >= 11 is 0. The van der Waals surface area contributed by atoms with Gasteiger partial charge in [0, 0.05) is 6.20 Å². The standard InChI is InChI=1S/C14H20N4/c1-3-17-9-5-4-8-12(17)13-15-14-11(2)7-6-10-18(14)16-13/h6-7,10,12H,3-5,8-9H2,1-2H3. The lowest BCUT2D eigenvalue weighted by atomic mass is 10.0. The minimum absolute atomic E-state index is 0.406. The van der Waals surface area contributed by atoms with Crippen LogP contribution in [-0.2, 0) is 0 Å². The summed E-state index contributed by atoms with van der Waals surface area (Å²) in [5.41, 5.74) is 2.18. The third kappa shape index (κ3) is 1.90. The number of nitrogens with zero attached hydrogens (tertiary/aromatic N) is 4. The second-order valence-electron chi connectivity index (χ2n) is 5.07.